The lowest BCUT2D eigenvalue weighted by Gasteiger charge is -2.18. The zero-order valence-electron chi connectivity index (χ0n) is 8.06. The molecule has 0 bridgehead atoms. The lowest BCUT2D eigenvalue weighted by Crippen LogP contribution is -2.33. The summed E-state index contributed by atoms with van der Waals surface area (Å²) in [5, 5.41) is 11.0. The van der Waals surface area contributed by atoms with Crippen molar-refractivity contribution in [2.24, 2.45) is 0 Å². The first-order valence-corrected chi connectivity index (χ1v) is 6.49. The molecule has 1 heterocycles. The highest BCUT2D eigenvalue weighted by molar-refractivity contribution is 7.91. The van der Waals surface area contributed by atoms with Crippen LogP contribution >= 0.6 is 0 Å². The molecule has 13 heavy (non-hydrogen) atoms. The van der Waals surface area contributed by atoms with E-state index in [0.717, 1.165) is 0 Å². The minimum Gasteiger partial charge on any atom is -0.274 e. The first kappa shape index (κ1) is 10.9. The molecule has 0 aromatic rings. The number of hydrogen-bond acceptors (Lipinski definition) is 3. The van der Waals surface area contributed by atoms with Crippen LogP contribution in [0.1, 0.15) is 19.8 Å². The minimum atomic E-state index is -2.96. The highest BCUT2D eigenvalue weighted by Gasteiger charge is 2.32. The van der Waals surface area contributed by atoms with Crippen LogP contribution in [0.2, 0.25) is 0 Å². The molecule has 4 nitrogen and oxygen atoms in total. The fraction of sp³-hybridized carbons (Fsp3) is 1.00. The maximum atomic E-state index is 11.3. The van der Waals surface area contributed by atoms with E-state index in [0.29, 0.717) is 25.9 Å². The predicted molar refractivity (Wildman–Crippen MR) is 49.6 cm³/mol. The van der Waals surface area contributed by atoms with Crippen LogP contribution in [0.5, 0.6) is 0 Å². The normalized spacial score (nSPS) is 27.8. The van der Waals surface area contributed by atoms with E-state index < -0.39 is 16.1 Å². The summed E-state index contributed by atoms with van der Waals surface area (Å²) in [6, 6.07) is 0. The molecule has 1 aliphatic rings. The molecule has 0 amide bonds. The van der Waals surface area contributed by atoms with Crippen molar-refractivity contribution in [3.63, 3.8) is 0 Å². The molecule has 1 radical (unpaired) electrons. The number of sulfone groups is 1. The van der Waals surface area contributed by atoms with Crippen molar-refractivity contribution >= 4 is 9.84 Å². The van der Waals surface area contributed by atoms with E-state index in [1.807, 2.05) is 6.92 Å². The van der Waals surface area contributed by atoms with E-state index in [4.69, 9.17) is 0 Å². The molecule has 1 saturated heterocycles. The summed E-state index contributed by atoms with van der Waals surface area (Å²) in [5.41, 5.74) is 0. The minimum absolute atomic E-state index is 0.324. The summed E-state index contributed by atoms with van der Waals surface area (Å²) >= 11 is 0. The van der Waals surface area contributed by atoms with Gasteiger partial charge in [-0.15, -0.1) is 0 Å². The Hall–Kier alpha value is -0.130. The van der Waals surface area contributed by atoms with Gasteiger partial charge in [0.2, 0.25) is 0 Å². The summed E-state index contributed by atoms with van der Waals surface area (Å²) in [6.07, 6.45) is 1.66. The first-order valence-electron chi connectivity index (χ1n) is 4.54. The van der Waals surface area contributed by atoms with Crippen LogP contribution in [-0.4, -0.2) is 44.1 Å². The van der Waals surface area contributed by atoms with Gasteiger partial charge in [0.25, 0.3) is 0 Å². The Bertz CT molecular complexity index is 263. The van der Waals surface area contributed by atoms with Gasteiger partial charge in [0, 0.05) is 19.3 Å². The van der Waals surface area contributed by atoms with Crippen LogP contribution in [0.15, 0.2) is 0 Å². The monoisotopic (exact) mass is 206 g/mol. The zero-order chi connectivity index (χ0) is 10.1. The molecule has 0 aliphatic carbocycles. The Balaban J connectivity index is 2.55. The molecule has 5 heteroatoms. The Morgan fingerprint density at radius 2 is 2.15 bits per heavy atom. The standard InChI is InChI=1S/C8H16NO3S/c1-3-8(10)9-5-4-7(6-9)13(2,11)12/h7-8H,3-6H2,1-2H3. The lowest BCUT2D eigenvalue weighted by molar-refractivity contribution is -0.0376. The van der Waals surface area contributed by atoms with Crippen LogP contribution in [0.3, 0.4) is 0 Å². The van der Waals surface area contributed by atoms with Crippen molar-refractivity contribution in [2.45, 2.75) is 31.2 Å². The van der Waals surface area contributed by atoms with Gasteiger partial charge < -0.3 is 0 Å². The number of nitrogens with zero attached hydrogens (tertiary/aromatic N) is 1. The second-order valence-corrected chi connectivity index (χ2v) is 5.92. The molecule has 0 spiro atoms. The van der Waals surface area contributed by atoms with Crippen molar-refractivity contribution in [2.75, 3.05) is 19.3 Å². The number of hydrogen-bond donors (Lipinski definition) is 0. The van der Waals surface area contributed by atoms with E-state index in [1.54, 1.807) is 4.90 Å². The van der Waals surface area contributed by atoms with Gasteiger partial charge in [0.1, 0.15) is 6.23 Å². The highest BCUT2D eigenvalue weighted by atomic mass is 32.2. The Kier molecular flexibility index (Phi) is 3.32. The molecule has 0 aromatic heterocycles. The van der Waals surface area contributed by atoms with Crippen molar-refractivity contribution in [3.05, 3.63) is 0 Å². The number of rotatable bonds is 3. The molecule has 77 valence electrons. The third-order valence-corrected chi connectivity index (χ3v) is 4.13. The summed E-state index contributed by atoms with van der Waals surface area (Å²) in [7, 11) is -2.96. The van der Waals surface area contributed by atoms with E-state index in [1.165, 1.54) is 6.26 Å². The zero-order valence-corrected chi connectivity index (χ0v) is 8.88. The maximum Gasteiger partial charge on any atom is 0.151 e. The van der Waals surface area contributed by atoms with Crippen LogP contribution in [0.4, 0.5) is 0 Å². The smallest absolute Gasteiger partial charge is 0.151 e. The van der Waals surface area contributed by atoms with Gasteiger partial charge in [0.15, 0.2) is 9.84 Å². The van der Waals surface area contributed by atoms with Crippen molar-refractivity contribution in [1.82, 2.24) is 4.90 Å². The van der Waals surface area contributed by atoms with Crippen molar-refractivity contribution < 1.29 is 13.5 Å². The highest BCUT2D eigenvalue weighted by Crippen LogP contribution is 2.18. The van der Waals surface area contributed by atoms with Crippen LogP contribution in [-0.2, 0) is 14.9 Å². The Labute approximate surface area is 79.5 Å². The molecule has 1 fully saturated rings. The quantitative estimate of drug-likeness (QED) is 0.666. The topological polar surface area (TPSA) is 57.3 Å². The van der Waals surface area contributed by atoms with Gasteiger partial charge in [-0.2, -0.15) is 0 Å². The lowest BCUT2D eigenvalue weighted by atomic mass is 10.4. The third-order valence-electron chi connectivity index (χ3n) is 2.54. The molecule has 2 atom stereocenters. The van der Waals surface area contributed by atoms with Crippen LogP contribution in [0.25, 0.3) is 0 Å². The van der Waals surface area contributed by atoms with E-state index in [2.05, 4.69) is 0 Å². The molecular formula is C8H16NO3S. The molecule has 0 aromatic carbocycles. The van der Waals surface area contributed by atoms with Gasteiger partial charge in [0.05, 0.1) is 5.25 Å². The molecule has 1 aliphatic heterocycles. The van der Waals surface area contributed by atoms with Gasteiger partial charge in [-0.05, 0) is 12.8 Å². The van der Waals surface area contributed by atoms with Gasteiger partial charge >= 0.3 is 0 Å². The third kappa shape index (κ3) is 2.65. The van der Waals surface area contributed by atoms with Gasteiger partial charge in [-0.3, -0.25) is 4.90 Å². The van der Waals surface area contributed by atoms with Crippen molar-refractivity contribution in [3.8, 4) is 0 Å². The average Bonchev–Trinajstić information content (AvgIpc) is 2.50. The second kappa shape index (κ2) is 3.94. The summed E-state index contributed by atoms with van der Waals surface area (Å²) in [5.74, 6) is 0. The van der Waals surface area contributed by atoms with E-state index in [9.17, 15) is 13.5 Å². The molecule has 0 N–H and O–H groups in total. The summed E-state index contributed by atoms with van der Waals surface area (Å²) in [4.78, 5) is 1.71. The van der Waals surface area contributed by atoms with E-state index in [-0.39, 0.29) is 5.25 Å². The summed E-state index contributed by atoms with van der Waals surface area (Å²) < 4.78 is 22.3. The fourth-order valence-corrected chi connectivity index (χ4v) is 2.62. The van der Waals surface area contributed by atoms with E-state index >= 15 is 0 Å². The van der Waals surface area contributed by atoms with Crippen molar-refractivity contribution in [1.29, 1.82) is 0 Å². The SMILES string of the molecule is CCC([O])N1CCC(S(C)(=O)=O)C1. The van der Waals surface area contributed by atoms with Gasteiger partial charge in [-0.1, -0.05) is 6.92 Å². The number of likely N-dealkylation sites (tertiary alicyclic amines) is 1. The molecule has 1 rings (SSSR count). The Morgan fingerprint density at radius 1 is 1.54 bits per heavy atom. The molecule has 2 unspecified atom stereocenters. The average molecular weight is 206 g/mol. The summed E-state index contributed by atoms with van der Waals surface area (Å²) in [6.45, 7) is 2.87. The first-order chi connectivity index (χ1) is 5.95. The molecule has 0 saturated carbocycles. The molecular weight excluding hydrogens is 190 g/mol. The largest absolute Gasteiger partial charge is 0.274 e. The van der Waals surface area contributed by atoms with Gasteiger partial charge in [-0.25, -0.2) is 13.5 Å². The maximum absolute atomic E-state index is 11.3. The van der Waals surface area contributed by atoms with Crippen LogP contribution in [0, 0.1) is 0 Å². The second-order valence-electron chi connectivity index (χ2n) is 3.60. The van der Waals surface area contributed by atoms with Crippen LogP contribution < -0.4 is 0 Å². The fourth-order valence-electron chi connectivity index (χ4n) is 1.62. The Morgan fingerprint density at radius 3 is 2.54 bits per heavy atom. The predicted octanol–water partition coefficient (Wildman–Crippen LogP) is 0.272.